The zero-order valence-corrected chi connectivity index (χ0v) is 15.0. The van der Waals surface area contributed by atoms with E-state index < -0.39 is 0 Å². The zero-order valence-electron chi connectivity index (χ0n) is 15.0. The summed E-state index contributed by atoms with van der Waals surface area (Å²) in [4.78, 5) is 14.8. The highest BCUT2D eigenvalue weighted by Gasteiger charge is 2.18. The molecule has 4 rings (SSSR count). The molecule has 1 saturated heterocycles. The van der Waals surface area contributed by atoms with Crippen LogP contribution in [-0.2, 0) is 6.42 Å². The maximum Gasteiger partial charge on any atom is 0.255 e. The Morgan fingerprint density at radius 3 is 2.69 bits per heavy atom. The van der Waals surface area contributed by atoms with E-state index in [0.717, 1.165) is 55.1 Å². The number of anilines is 1. The first kappa shape index (κ1) is 16.9. The lowest BCUT2D eigenvalue weighted by Crippen LogP contribution is -2.35. The Morgan fingerprint density at radius 2 is 1.92 bits per heavy atom. The van der Waals surface area contributed by atoms with Gasteiger partial charge < -0.3 is 19.7 Å². The van der Waals surface area contributed by atoms with Crippen LogP contribution < -0.4 is 14.8 Å². The number of nitrogens with one attached hydrogen (secondary N) is 1. The molecule has 5 nitrogen and oxygen atoms in total. The molecule has 0 saturated carbocycles. The Kier molecular flexibility index (Phi) is 4.80. The minimum absolute atomic E-state index is 0.108. The van der Waals surface area contributed by atoms with Crippen LogP contribution in [-0.4, -0.2) is 43.7 Å². The van der Waals surface area contributed by atoms with Crippen molar-refractivity contribution in [2.45, 2.75) is 25.4 Å². The van der Waals surface area contributed by atoms with Crippen molar-refractivity contribution in [1.29, 1.82) is 0 Å². The van der Waals surface area contributed by atoms with Crippen LogP contribution in [0.2, 0.25) is 0 Å². The summed E-state index contributed by atoms with van der Waals surface area (Å²) in [5, 5.41) is 2.94. The van der Waals surface area contributed by atoms with Crippen LogP contribution in [0.15, 0.2) is 42.5 Å². The summed E-state index contributed by atoms with van der Waals surface area (Å²) >= 11 is 0. The van der Waals surface area contributed by atoms with Crippen molar-refractivity contribution in [2.75, 3.05) is 32.1 Å². The molecule has 2 aromatic carbocycles. The number of rotatable bonds is 4. The van der Waals surface area contributed by atoms with Gasteiger partial charge in [0.15, 0.2) is 0 Å². The van der Waals surface area contributed by atoms with E-state index in [2.05, 4.69) is 17.3 Å². The second-order valence-electron chi connectivity index (χ2n) is 7.02. The van der Waals surface area contributed by atoms with Gasteiger partial charge in [-0.1, -0.05) is 0 Å². The molecule has 0 bridgehead atoms. The number of nitrogens with zero attached hydrogens (tertiary/aromatic N) is 1. The van der Waals surface area contributed by atoms with Crippen LogP contribution in [0.25, 0.3) is 0 Å². The average Bonchev–Trinajstić information content (AvgIpc) is 3.13. The first-order valence-electron chi connectivity index (χ1n) is 9.20. The molecule has 0 atom stereocenters. The van der Waals surface area contributed by atoms with Crippen LogP contribution in [0.4, 0.5) is 5.69 Å². The summed E-state index contributed by atoms with van der Waals surface area (Å²) < 4.78 is 11.5. The summed E-state index contributed by atoms with van der Waals surface area (Å²) in [5.74, 6) is 1.63. The maximum atomic E-state index is 12.5. The van der Waals surface area contributed by atoms with Gasteiger partial charge in [-0.2, -0.15) is 0 Å². The monoisotopic (exact) mass is 352 g/mol. The summed E-state index contributed by atoms with van der Waals surface area (Å²) in [5.41, 5.74) is 2.52. The van der Waals surface area contributed by atoms with Gasteiger partial charge >= 0.3 is 0 Å². The molecule has 0 aliphatic carbocycles. The number of hydrogen-bond donors (Lipinski definition) is 1. The van der Waals surface area contributed by atoms with Gasteiger partial charge in [-0.15, -0.1) is 0 Å². The Labute approximate surface area is 153 Å². The van der Waals surface area contributed by atoms with Crippen molar-refractivity contribution in [1.82, 2.24) is 4.90 Å². The number of likely N-dealkylation sites (tertiary alicyclic amines) is 1. The van der Waals surface area contributed by atoms with Gasteiger partial charge in [0.05, 0.1) is 6.61 Å². The highest BCUT2D eigenvalue weighted by atomic mass is 16.5. The molecule has 2 heterocycles. The quantitative estimate of drug-likeness (QED) is 0.917. The summed E-state index contributed by atoms with van der Waals surface area (Å²) in [7, 11) is 2.14. The van der Waals surface area contributed by atoms with Gasteiger partial charge in [0.25, 0.3) is 5.91 Å². The molecule has 0 radical (unpaired) electrons. The van der Waals surface area contributed by atoms with Gasteiger partial charge in [0, 0.05) is 30.8 Å². The lowest BCUT2D eigenvalue weighted by Gasteiger charge is -2.29. The summed E-state index contributed by atoms with van der Waals surface area (Å²) in [6, 6.07) is 13.2. The molecule has 0 spiro atoms. The third-order valence-corrected chi connectivity index (χ3v) is 5.03. The maximum absolute atomic E-state index is 12.5. The van der Waals surface area contributed by atoms with Crippen LogP contribution in [0.1, 0.15) is 28.8 Å². The average molecular weight is 352 g/mol. The standard InChI is InChI=1S/C21H24N2O3/c1-23-11-8-19(9-12-23)26-18-5-3-17(4-6-18)22-21(24)16-2-7-20-15(14-16)10-13-25-20/h2-7,14,19H,8-13H2,1H3,(H,22,24). The second-order valence-corrected chi connectivity index (χ2v) is 7.02. The number of piperidine rings is 1. The number of benzene rings is 2. The number of carbonyl (C=O) groups is 1. The minimum Gasteiger partial charge on any atom is -0.493 e. The predicted molar refractivity (Wildman–Crippen MR) is 101 cm³/mol. The molecule has 2 aliphatic rings. The van der Waals surface area contributed by atoms with Crippen LogP contribution in [0.3, 0.4) is 0 Å². The lowest BCUT2D eigenvalue weighted by atomic mass is 10.1. The Bertz CT molecular complexity index is 780. The number of carbonyl (C=O) groups excluding carboxylic acids is 1. The smallest absolute Gasteiger partial charge is 0.255 e. The van der Waals surface area contributed by atoms with E-state index in [4.69, 9.17) is 9.47 Å². The third kappa shape index (κ3) is 3.83. The molecular formula is C21H24N2O3. The fourth-order valence-electron chi connectivity index (χ4n) is 3.44. The van der Waals surface area contributed by atoms with E-state index in [1.165, 1.54) is 0 Å². The molecule has 2 aliphatic heterocycles. The molecule has 5 heteroatoms. The largest absolute Gasteiger partial charge is 0.493 e. The topological polar surface area (TPSA) is 50.8 Å². The van der Waals surface area contributed by atoms with E-state index in [-0.39, 0.29) is 12.0 Å². The van der Waals surface area contributed by atoms with E-state index in [1.54, 1.807) is 6.07 Å². The lowest BCUT2D eigenvalue weighted by molar-refractivity contribution is 0.102. The van der Waals surface area contributed by atoms with Crippen LogP contribution in [0.5, 0.6) is 11.5 Å². The molecule has 1 N–H and O–H groups in total. The van der Waals surface area contributed by atoms with E-state index in [1.807, 2.05) is 36.4 Å². The Hall–Kier alpha value is -2.53. The van der Waals surface area contributed by atoms with Crippen LogP contribution >= 0.6 is 0 Å². The minimum atomic E-state index is -0.108. The van der Waals surface area contributed by atoms with E-state index in [0.29, 0.717) is 12.2 Å². The second kappa shape index (κ2) is 7.38. The summed E-state index contributed by atoms with van der Waals surface area (Å²) in [6.07, 6.45) is 3.24. The van der Waals surface area contributed by atoms with Crippen molar-refractivity contribution in [3.63, 3.8) is 0 Å². The van der Waals surface area contributed by atoms with Gasteiger partial charge in [-0.25, -0.2) is 0 Å². The van der Waals surface area contributed by atoms with Crippen molar-refractivity contribution in [3.05, 3.63) is 53.6 Å². The number of ether oxygens (including phenoxy) is 2. The Morgan fingerprint density at radius 1 is 1.15 bits per heavy atom. The van der Waals surface area contributed by atoms with Crippen molar-refractivity contribution in [3.8, 4) is 11.5 Å². The van der Waals surface area contributed by atoms with E-state index >= 15 is 0 Å². The first-order chi connectivity index (χ1) is 12.7. The van der Waals surface area contributed by atoms with Gasteiger partial charge in [0.1, 0.15) is 17.6 Å². The number of fused-ring (bicyclic) bond motifs is 1. The highest BCUT2D eigenvalue weighted by molar-refractivity contribution is 6.04. The predicted octanol–water partition coefficient (Wildman–Crippen LogP) is 3.35. The molecule has 2 aromatic rings. The number of amides is 1. The molecule has 0 aromatic heterocycles. The van der Waals surface area contributed by atoms with Crippen molar-refractivity contribution < 1.29 is 14.3 Å². The molecule has 26 heavy (non-hydrogen) atoms. The van der Waals surface area contributed by atoms with Gasteiger partial charge in [0.2, 0.25) is 0 Å². The Balaban J connectivity index is 1.35. The van der Waals surface area contributed by atoms with Gasteiger partial charge in [-0.3, -0.25) is 4.79 Å². The zero-order chi connectivity index (χ0) is 17.9. The fraction of sp³-hybridized carbons (Fsp3) is 0.381. The molecule has 136 valence electrons. The fourth-order valence-corrected chi connectivity index (χ4v) is 3.44. The first-order valence-corrected chi connectivity index (χ1v) is 9.20. The van der Waals surface area contributed by atoms with Crippen molar-refractivity contribution in [2.24, 2.45) is 0 Å². The van der Waals surface area contributed by atoms with Crippen LogP contribution in [0, 0.1) is 0 Å². The third-order valence-electron chi connectivity index (χ3n) is 5.03. The number of hydrogen-bond acceptors (Lipinski definition) is 4. The molecule has 1 amide bonds. The van der Waals surface area contributed by atoms with Crippen molar-refractivity contribution >= 4 is 11.6 Å². The van der Waals surface area contributed by atoms with Gasteiger partial charge in [-0.05, 0) is 67.9 Å². The molecule has 1 fully saturated rings. The molecule has 0 unspecified atom stereocenters. The molecular weight excluding hydrogens is 328 g/mol. The SMILES string of the molecule is CN1CCC(Oc2ccc(NC(=O)c3ccc4c(c3)CCO4)cc2)CC1. The van der Waals surface area contributed by atoms with E-state index in [9.17, 15) is 4.79 Å². The highest BCUT2D eigenvalue weighted by Crippen LogP contribution is 2.26. The summed E-state index contributed by atoms with van der Waals surface area (Å²) in [6.45, 7) is 2.84. The normalized spacial score (nSPS) is 17.4.